The number of fused-ring (bicyclic) bond motifs is 1. The van der Waals surface area contributed by atoms with Crippen LogP contribution in [0.2, 0.25) is 0 Å². The summed E-state index contributed by atoms with van der Waals surface area (Å²) in [5, 5.41) is 3.01. The second-order valence-corrected chi connectivity index (χ2v) is 9.40. The number of aryl methyl sites for hydroxylation is 1. The molecule has 2 heterocycles. The summed E-state index contributed by atoms with van der Waals surface area (Å²) in [5.41, 5.74) is 1.04. The highest BCUT2D eigenvalue weighted by Crippen LogP contribution is 2.32. The molecule has 8 nitrogen and oxygen atoms in total. The minimum Gasteiger partial charge on any atom is -0.497 e. The van der Waals surface area contributed by atoms with Crippen LogP contribution in [-0.4, -0.2) is 47.5 Å². The average molecular weight is 540 g/mol. The maximum atomic E-state index is 13.2. The van der Waals surface area contributed by atoms with Crippen LogP contribution in [-0.2, 0) is 11.2 Å². The average Bonchev–Trinajstić information content (AvgIpc) is 3.32. The van der Waals surface area contributed by atoms with E-state index >= 15 is 0 Å². The third-order valence-electron chi connectivity index (χ3n) is 5.01. The van der Waals surface area contributed by atoms with E-state index in [1.54, 1.807) is 18.2 Å². The normalized spacial score (nSPS) is 12.7. The summed E-state index contributed by atoms with van der Waals surface area (Å²) in [5.74, 6) is 0.816. The number of methoxy groups -OCH3 is 2. The highest BCUT2D eigenvalue weighted by molar-refractivity contribution is 8.00. The summed E-state index contributed by atoms with van der Waals surface area (Å²) in [7, 11) is 2.98. The molecule has 1 aliphatic heterocycles. The number of benzene rings is 2. The third-order valence-corrected chi connectivity index (χ3v) is 7.06. The van der Waals surface area contributed by atoms with Gasteiger partial charge in [0.2, 0.25) is 5.91 Å². The van der Waals surface area contributed by atoms with Gasteiger partial charge in [0.1, 0.15) is 17.2 Å². The Hall–Kier alpha value is -3.32. The molecule has 4 rings (SSSR count). The smallest absolute Gasteiger partial charge is 0.497 e. The van der Waals surface area contributed by atoms with Gasteiger partial charge in [-0.1, -0.05) is 11.8 Å². The number of amides is 1. The molecule has 0 aliphatic carbocycles. The number of aromatic nitrogens is 2. The van der Waals surface area contributed by atoms with Gasteiger partial charge in [-0.3, -0.25) is 14.2 Å². The first-order valence-electron chi connectivity index (χ1n) is 10.5. The first kappa shape index (κ1) is 25.8. The molecule has 0 atom stereocenters. The van der Waals surface area contributed by atoms with E-state index in [1.165, 1.54) is 42.7 Å². The molecule has 3 aromatic rings. The molecule has 0 spiro atoms. The number of thioether (sulfide) groups is 2. The fourth-order valence-electron chi connectivity index (χ4n) is 3.43. The van der Waals surface area contributed by atoms with Crippen molar-refractivity contribution in [1.29, 1.82) is 0 Å². The van der Waals surface area contributed by atoms with Crippen molar-refractivity contribution in [3.8, 4) is 22.9 Å². The summed E-state index contributed by atoms with van der Waals surface area (Å²) < 4.78 is 53.2. The highest BCUT2D eigenvalue weighted by atomic mass is 32.2. The van der Waals surface area contributed by atoms with E-state index in [-0.39, 0.29) is 22.4 Å². The zero-order chi connectivity index (χ0) is 25.9. The molecule has 1 amide bonds. The number of anilines is 1. The quantitative estimate of drug-likeness (QED) is 0.330. The molecule has 36 heavy (non-hydrogen) atoms. The van der Waals surface area contributed by atoms with Gasteiger partial charge < -0.3 is 19.5 Å². The van der Waals surface area contributed by atoms with Gasteiger partial charge >= 0.3 is 6.36 Å². The van der Waals surface area contributed by atoms with Crippen molar-refractivity contribution < 1.29 is 32.2 Å². The Morgan fingerprint density at radius 3 is 2.53 bits per heavy atom. The van der Waals surface area contributed by atoms with Gasteiger partial charge in [0.05, 0.1) is 41.9 Å². The summed E-state index contributed by atoms with van der Waals surface area (Å²) in [6, 6.07) is 9.86. The Morgan fingerprint density at radius 2 is 1.86 bits per heavy atom. The molecule has 0 saturated heterocycles. The number of halogens is 3. The summed E-state index contributed by atoms with van der Waals surface area (Å²) >= 11 is 2.41. The van der Waals surface area contributed by atoms with Gasteiger partial charge in [-0.2, -0.15) is 0 Å². The van der Waals surface area contributed by atoms with Crippen molar-refractivity contribution >= 4 is 35.1 Å². The predicted molar refractivity (Wildman–Crippen MR) is 130 cm³/mol. The topological polar surface area (TPSA) is 91.7 Å². The Balaban J connectivity index is 1.58. The van der Waals surface area contributed by atoms with Crippen LogP contribution in [0, 0.1) is 0 Å². The maximum absolute atomic E-state index is 13.2. The van der Waals surface area contributed by atoms with Crippen LogP contribution in [0.3, 0.4) is 0 Å². The van der Waals surface area contributed by atoms with Crippen molar-refractivity contribution in [3.63, 3.8) is 0 Å². The fourth-order valence-corrected chi connectivity index (χ4v) is 5.29. The second kappa shape index (κ2) is 10.7. The monoisotopic (exact) mass is 539 g/mol. The van der Waals surface area contributed by atoms with Crippen molar-refractivity contribution in [2.24, 2.45) is 0 Å². The van der Waals surface area contributed by atoms with E-state index in [2.05, 4.69) is 15.0 Å². The molecule has 0 fully saturated rings. The molecule has 13 heteroatoms. The maximum Gasteiger partial charge on any atom is 0.573 e. The fraction of sp³-hybridized carbons (Fsp3) is 0.261. The number of carbonyl (C=O) groups is 1. The lowest BCUT2D eigenvalue weighted by molar-refractivity contribution is -0.274. The minimum absolute atomic E-state index is 0.0805. The minimum atomic E-state index is -4.83. The van der Waals surface area contributed by atoms with Crippen molar-refractivity contribution in [2.75, 3.05) is 31.0 Å². The Morgan fingerprint density at radius 1 is 1.14 bits per heavy atom. The third kappa shape index (κ3) is 5.90. The molecule has 2 aromatic carbocycles. The van der Waals surface area contributed by atoms with E-state index in [0.717, 1.165) is 23.9 Å². The van der Waals surface area contributed by atoms with Crippen LogP contribution in [0.15, 0.2) is 57.3 Å². The lowest BCUT2D eigenvalue weighted by atomic mass is 10.2. The van der Waals surface area contributed by atoms with Crippen LogP contribution in [0.4, 0.5) is 18.9 Å². The van der Waals surface area contributed by atoms with Gasteiger partial charge in [0, 0.05) is 18.2 Å². The van der Waals surface area contributed by atoms with Gasteiger partial charge in [-0.25, -0.2) is 4.98 Å². The summed E-state index contributed by atoms with van der Waals surface area (Å²) in [4.78, 5) is 31.0. The number of rotatable bonds is 8. The van der Waals surface area contributed by atoms with Crippen molar-refractivity contribution in [3.05, 3.63) is 58.5 Å². The number of nitrogens with zero attached hydrogens (tertiary/aromatic N) is 2. The lowest BCUT2D eigenvalue weighted by Gasteiger charge is -2.15. The molecule has 1 aromatic heterocycles. The van der Waals surface area contributed by atoms with Gasteiger partial charge in [-0.05, 0) is 36.4 Å². The van der Waals surface area contributed by atoms with Gasteiger partial charge in [-0.15, -0.1) is 24.9 Å². The largest absolute Gasteiger partial charge is 0.573 e. The molecule has 1 aliphatic rings. The van der Waals surface area contributed by atoms with E-state index in [1.807, 2.05) is 0 Å². The van der Waals surface area contributed by atoms with Crippen molar-refractivity contribution in [1.82, 2.24) is 9.55 Å². The zero-order valence-corrected chi connectivity index (χ0v) is 20.7. The van der Waals surface area contributed by atoms with Crippen LogP contribution < -0.4 is 25.1 Å². The Bertz CT molecular complexity index is 1330. The Labute approximate surface area is 212 Å². The van der Waals surface area contributed by atoms with Crippen LogP contribution in [0.25, 0.3) is 5.69 Å². The predicted octanol–water partition coefficient (Wildman–Crippen LogP) is 4.53. The van der Waals surface area contributed by atoms with E-state index in [9.17, 15) is 22.8 Å². The SMILES string of the molecule is COc1ccc(NC(=O)CSc2nc3c(c(=O)n2-c2ccc(OC(F)(F)F)cc2)SCC3)c(OC)c1. The number of hydrogen-bond donors (Lipinski definition) is 1. The Kier molecular flexibility index (Phi) is 7.69. The molecule has 190 valence electrons. The number of ether oxygens (including phenoxy) is 3. The van der Waals surface area contributed by atoms with Crippen molar-refractivity contribution in [2.45, 2.75) is 22.8 Å². The molecular formula is C23H20F3N3O5S2. The molecule has 0 saturated carbocycles. The standard InChI is InChI=1S/C23H20F3N3O5S2/c1-32-15-7-8-16(18(11-15)33-2)27-19(30)12-36-22-28-17-9-10-35-20(17)21(31)29(22)13-3-5-14(6-4-13)34-23(24,25)26/h3-8,11H,9-10,12H2,1-2H3,(H,27,30). The molecule has 0 bridgehead atoms. The zero-order valence-electron chi connectivity index (χ0n) is 19.0. The lowest BCUT2D eigenvalue weighted by Crippen LogP contribution is -2.25. The number of hydrogen-bond acceptors (Lipinski definition) is 8. The summed E-state index contributed by atoms with van der Waals surface area (Å²) in [6.07, 6.45) is -4.22. The van der Waals surface area contributed by atoms with Crippen LogP contribution in [0.5, 0.6) is 17.2 Å². The molecule has 0 unspecified atom stereocenters. The number of alkyl halides is 3. The van der Waals surface area contributed by atoms with Gasteiger partial charge in [0.25, 0.3) is 5.56 Å². The van der Waals surface area contributed by atoms with Crippen LogP contribution in [0.1, 0.15) is 5.69 Å². The van der Waals surface area contributed by atoms with E-state index < -0.39 is 12.1 Å². The van der Waals surface area contributed by atoms with Gasteiger partial charge in [0.15, 0.2) is 5.16 Å². The molecule has 1 N–H and O–H groups in total. The van der Waals surface area contributed by atoms with E-state index in [0.29, 0.717) is 45.6 Å². The van der Waals surface area contributed by atoms with Crippen LogP contribution >= 0.6 is 23.5 Å². The highest BCUT2D eigenvalue weighted by Gasteiger charge is 2.31. The van der Waals surface area contributed by atoms with E-state index in [4.69, 9.17) is 9.47 Å². The molecule has 0 radical (unpaired) electrons. The summed E-state index contributed by atoms with van der Waals surface area (Å²) in [6.45, 7) is 0. The first-order valence-corrected chi connectivity index (χ1v) is 12.4. The number of carbonyl (C=O) groups excluding carboxylic acids is 1. The number of nitrogens with one attached hydrogen (secondary N) is 1. The first-order chi connectivity index (χ1) is 17.2. The molecular weight excluding hydrogens is 519 g/mol. The second-order valence-electron chi connectivity index (χ2n) is 7.35.